The molecule has 3 unspecified atom stereocenters. The fourth-order valence-electron chi connectivity index (χ4n) is 6.09. The molecule has 4 aliphatic rings. The van der Waals surface area contributed by atoms with Crippen molar-refractivity contribution in [3.05, 3.63) is 34.9 Å². The largest absolute Gasteiger partial charge is 0.316 e. The molecule has 1 spiro atoms. The van der Waals surface area contributed by atoms with E-state index < -0.39 is 23.8 Å². The van der Waals surface area contributed by atoms with Gasteiger partial charge in [0.25, 0.3) is 11.8 Å². The molecule has 1 saturated carbocycles. The van der Waals surface area contributed by atoms with E-state index in [0.717, 1.165) is 30.0 Å². The fourth-order valence-corrected chi connectivity index (χ4v) is 6.09. The maximum Gasteiger partial charge on any atom is 0.262 e. The van der Waals surface area contributed by atoms with Gasteiger partial charge in [-0.25, -0.2) is 0 Å². The van der Waals surface area contributed by atoms with Gasteiger partial charge in [-0.3, -0.25) is 29.4 Å². The number of amides is 4. The second kappa shape index (κ2) is 8.41. The zero-order valence-corrected chi connectivity index (χ0v) is 18.2. The molecule has 0 radical (unpaired) electrons. The van der Waals surface area contributed by atoms with E-state index in [0.29, 0.717) is 23.7 Å². The summed E-state index contributed by atoms with van der Waals surface area (Å²) in [6.45, 7) is 2.61. The van der Waals surface area contributed by atoms with Crippen molar-refractivity contribution in [3.63, 3.8) is 0 Å². The molecular weight excluding hydrogens is 408 g/mol. The molecule has 1 aromatic rings. The van der Waals surface area contributed by atoms with Crippen LogP contribution >= 0.6 is 0 Å². The molecular formula is C24H30N4O4. The minimum atomic E-state index is -0.934. The Morgan fingerprint density at radius 3 is 2.66 bits per heavy atom. The van der Waals surface area contributed by atoms with E-state index >= 15 is 0 Å². The van der Waals surface area contributed by atoms with Gasteiger partial charge >= 0.3 is 0 Å². The first kappa shape index (κ1) is 21.3. The van der Waals surface area contributed by atoms with Crippen LogP contribution in [0.1, 0.15) is 77.6 Å². The first-order valence-corrected chi connectivity index (χ1v) is 11.8. The van der Waals surface area contributed by atoms with Crippen LogP contribution in [-0.4, -0.2) is 53.7 Å². The van der Waals surface area contributed by atoms with E-state index in [1.807, 2.05) is 6.07 Å². The Kier molecular flexibility index (Phi) is 5.59. The summed E-state index contributed by atoms with van der Waals surface area (Å²) in [5.41, 5.74) is 1.78. The van der Waals surface area contributed by atoms with E-state index in [1.54, 1.807) is 12.1 Å². The van der Waals surface area contributed by atoms with Crippen molar-refractivity contribution in [1.82, 2.24) is 20.9 Å². The number of benzene rings is 1. The van der Waals surface area contributed by atoms with Crippen LogP contribution in [0.3, 0.4) is 0 Å². The van der Waals surface area contributed by atoms with Gasteiger partial charge < -0.3 is 10.6 Å². The molecule has 3 fully saturated rings. The number of carbonyl (C=O) groups is 4. The highest BCUT2D eigenvalue weighted by Crippen LogP contribution is 2.41. The number of piperidine rings is 2. The minimum absolute atomic E-state index is 0.121. The predicted molar refractivity (Wildman–Crippen MR) is 117 cm³/mol. The smallest absolute Gasteiger partial charge is 0.262 e. The average Bonchev–Trinajstić information content (AvgIpc) is 3.05. The normalized spacial score (nSPS) is 30.6. The van der Waals surface area contributed by atoms with Gasteiger partial charge in [0.05, 0.1) is 11.1 Å². The van der Waals surface area contributed by atoms with Gasteiger partial charge in [-0.05, 0) is 55.7 Å². The summed E-state index contributed by atoms with van der Waals surface area (Å²) in [6.07, 6.45) is 7.48. The Balaban J connectivity index is 1.36. The summed E-state index contributed by atoms with van der Waals surface area (Å²) in [4.78, 5) is 51.2. The van der Waals surface area contributed by atoms with Gasteiger partial charge in [-0.2, -0.15) is 0 Å². The zero-order valence-electron chi connectivity index (χ0n) is 18.2. The number of rotatable bonds is 4. The van der Waals surface area contributed by atoms with Gasteiger partial charge in [-0.15, -0.1) is 0 Å². The summed E-state index contributed by atoms with van der Waals surface area (Å²) >= 11 is 0. The molecule has 8 heteroatoms. The van der Waals surface area contributed by atoms with Crippen molar-refractivity contribution >= 4 is 23.6 Å². The SMILES string of the molecule is O=C1CCC(N2C(=O)c3cccc(CNC4CCCCC45CCCNC5)c3C2=O)C(=O)N1. The molecule has 0 bridgehead atoms. The van der Waals surface area contributed by atoms with E-state index in [9.17, 15) is 19.2 Å². The number of hydrogen-bond acceptors (Lipinski definition) is 6. The van der Waals surface area contributed by atoms with E-state index in [1.165, 1.54) is 32.1 Å². The molecule has 3 heterocycles. The Hall–Kier alpha value is -2.58. The number of nitrogens with zero attached hydrogens (tertiary/aromatic N) is 1. The molecule has 5 rings (SSSR count). The van der Waals surface area contributed by atoms with E-state index in [-0.39, 0.29) is 24.2 Å². The Labute approximate surface area is 187 Å². The van der Waals surface area contributed by atoms with Crippen LogP contribution in [-0.2, 0) is 16.1 Å². The highest BCUT2D eigenvalue weighted by molar-refractivity contribution is 6.24. The minimum Gasteiger partial charge on any atom is -0.316 e. The third kappa shape index (κ3) is 3.55. The topological polar surface area (TPSA) is 108 Å². The molecule has 0 aromatic heterocycles. The number of fused-ring (bicyclic) bond motifs is 1. The fraction of sp³-hybridized carbons (Fsp3) is 0.583. The average molecular weight is 439 g/mol. The lowest BCUT2D eigenvalue weighted by molar-refractivity contribution is -0.136. The van der Waals surface area contributed by atoms with Crippen molar-refractivity contribution < 1.29 is 19.2 Å². The quantitative estimate of drug-likeness (QED) is 0.615. The summed E-state index contributed by atoms with van der Waals surface area (Å²) < 4.78 is 0. The maximum atomic E-state index is 13.3. The van der Waals surface area contributed by atoms with E-state index in [2.05, 4.69) is 16.0 Å². The second-order valence-corrected chi connectivity index (χ2v) is 9.61. The first-order valence-electron chi connectivity index (χ1n) is 11.8. The van der Waals surface area contributed by atoms with Gasteiger partial charge in [0.15, 0.2) is 0 Å². The molecule has 32 heavy (non-hydrogen) atoms. The van der Waals surface area contributed by atoms with Crippen LogP contribution in [0, 0.1) is 5.41 Å². The van der Waals surface area contributed by atoms with Crippen molar-refractivity contribution in [1.29, 1.82) is 0 Å². The molecule has 1 aromatic carbocycles. The van der Waals surface area contributed by atoms with Gasteiger partial charge in [0, 0.05) is 25.6 Å². The molecule has 8 nitrogen and oxygen atoms in total. The molecule has 3 atom stereocenters. The second-order valence-electron chi connectivity index (χ2n) is 9.61. The predicted octanol–water partition coefficient (Wildman–Crippen LogP) is 1.49. The summed E-state index contributed by atoms with van der Waals surface area (Å²) in [5.74, 6) is -1.84. The van der Waals surface area contributed by atoms with Gasteiger partial charge in [-0.1, -0.05) is 25.0 Å². The monoisotopic (exact) mass is 438 g/mol. The Morgan fingerprint density at radius 1 is 1.03 bits per heavy atom. The number of nitrogens with one attached hydrogen (secondary N) is 3. The molecule has 2 saturated heterocycles. The van der Waals surface area contributed by atoms with Crippen LogP contribution < -0.4 is 16.0 Å². The third-order valence-corrected chi connectivity index (χ3v) is 7.76. The molecule has 3 N–H and O–H groups in total. The first-order chi connectivity index (χ1) is 15.5. The zero-order chi connectivity index (χ0) is 22.3. The van der Waals surface area contributed by atoms with Crippen molar-refractivity contribution in [3.8, 4) is 0 Å². The lowest BCUT2D eigenvalue weighted by Crippen LogP contribution is -2.55. The Morgan fingerprint density at radius 2 is 1.88 bits per heavy atom. The van der Waals surface area contributed by atoms with Crippen LogP contribution in [0.15, 0.2) is 18.2 Å². The molecule has 3 aliphatic heterocycles. The number of hydrogen-bond donors (Lipinski definition) is 3. The van der Waals surface area contributed by atoms with Crippen LogP contribution in [0.25, 0.3) is 0 Å². The highest BCUT2D eigenvalue weighted by Gasteiger charge is 2.46. The van der Waals surface area contributed by atoms with Gasteiger partial charge in [0.2, 0.25) is 11.8 Å². The van der Waals surface area contributed by atoms with Crippen molar-refractivity contribution in [2.45, 2.75) is 70.0 Å². The van der Waals surface area contributed by atoms with Crippen molar-refractivity contribution in [2.75, 3.05) is 13.1 Å². The van der Waals surface area contributed by atoms with Crippen LogP contribution in [0.4, 0.5) is 0 Å². The van der Waals surface area contributed by atoms with Crippen molar-refractivity contribution in [2.24, 2.45) is 5.41 Å². The van der Waals surface area contributed by atoms with Crippen LogP contribution in [0.5, 0.6) is 0 Å². The maximum absolute atomic E-state index is 13.3. The van der Waals surface area contributed by atoms with Gasteiger partial charge in [0.1, 0.15) is 6.04 Å². The van der Waals surface area contributed by atoms with Crippen LogP contribution in [0.2, 0.25) is 0 Å². The number of imide groups is 2. The molecule has 1 aliphatic carbocycles. The third-order valence-electron chi connectivity index (χ3n) is 7.76. The van der Waals surface area contributed by atoms with E-state index in [4.69, 9.17) is 0 Å². The summed E-state index contributed by atoms with van der Waals surface area (Å²) in [5, 5.41) is 9.54. The molecule has 170 valence electrons. The highest BCUT2D eigenvalue weighted by atomic mass is 16.2. The Bertz CT molecular complexity index is 960. The lowest BCUT2D eigenvalue weighted by Gasteiger charge is -2.47. The number of carbonyl (C=O) groups excluding carboxylic acids is 4. The summed E-state index contributed by atoms with van der Waals surface area (Å²) in [7, 11) is 0. The molecule has 4 amide bonds. The summed E-state index contributed by atoms with van der Waals surface area (Å²) in [6, 6.07) is 4.78. The standard InChI is InChI=1S/C24H30N4O4/c29-19-9-8-17(21(30)27-19)28-22(31)16-6-3-5-15(20(16)23(28)32)13-26-18-7-1-2-10-24(18)11-4-12-25-14-24/h3,5-6,17-18,25-26H,1-2,4,7-14H2,(H,27,29,30). The lowest BCUT2D eigenvalue weighted by atomic mass is 9.66.